The molecule has 0 bridgehead atoms. The van der Waals surface area contributed by atoms with E-state index in [0.717, 1.165) is 17.5 Å². The summed E-state index contributed by atoms with van der Waals surface area (Å²) in [6, 6.07) is 8.87. The highest BCUT2D eigenvalue weighted by atomic mass is 19.4. The molecule has 0 amide bonds. The van der Waals surface area contributed by atoms with Crippen molar-refractivity contribution in [2.45, 2.75) is 44.3 Å². The van der Waals surface area contributed by atoms with E-state index in [4.69, 9.17) is 4.74 Å². The van der Waals surface area contributed by atoms with Crippen LogP contribution in [0.4, 0.5) is 17.6 Å². The van der Waals surface area contributed by atoms with Crippen molar-refractivity contribution in [1.82, 2.24) is 14.9 Å². The molecule has 1 aromatic carbocycles. The van der Waals surface area contributed by atoms with Crippen LogP contribution in [0.2, 0.25) is 0 Å². The fourth-order valence-electron chi connectivity index (χ4n) is 3.57. The average Bonchev–Trinajstić information content (AvgIpc) is 3.08. The standard InChI is InChI=1S/C21H23F4N3O2/c1-19(2,16-11-15(22)6-7-17(16)30-3)12-20(29,21(23,24)25)27-13-28-10-8-14-5-4-9-26-18(14)28/h4-11,27,29H,12-13H2,1-3H3. The van der Waals surface area contributed by atoms with Crippen LogP contribution in [0.3, 0.4) is 0 Å². The number of benzene rings is 1. The number of nitrogens with zero attached hydrogens (tertiary/aromatic N) is 2. The molecule has 0 aliphatic carbocycles. The maximum absolute atomic E-state index is 13.9. The maximum atomic E-state index is 13.9. The summed E-state index contributed by atoms with van der Waals surface area (Å²) in [5, 5.41) is 13.6. The molecule has 0 radical (unpaired) electrons. The van der Waals surface area contributed by atoms with Crippen molar-refractivity contribution >= 4 is 11.0 Å². The highest BCUT2D eigenvalue weighted by molar-refractivity contribution is 5.75. The first-order chi connectivity index (χ1) is 14.0. The second kappa shape index (κ2) is 7.88. The predicted octanol–water partition coefficient (Wildman–Crippen LogP) is 4.35. The summed E-state index contributed by atoms with van der Waals surface area (Å²) in [6.07, 6.45) is -2.63. The number of hydrogen-bond acceptors (Lipinski definition) is 4. The first-order valence-corrected chi connectivity index (χ1v) is 9.25. The van der Waals surface area contributed by atoms with Gasteiger partial charge in [0.05, 0.1) is 13.8 Å². The van der Waals surface area contributed by atoms with Gasteiger partial charge in [0.2, 0.25) is 5.72 Å². The molecule has 3 rings (SSSR count). The zero-order chi connectivity index (χ0) is 22.2. The van der Waals surface area contributed by atoms with Crippen molar-refractivity contribution in [1.29, 1.82) is 0 Å². The van der Waals surface area contributed by atoms with Gasteiger partial charge in [-0.25, -0.2) is 9.37 Å². The monoisotopic (exact) mass is 425 g/mol. The lowest BCUT2D eigenvalue weighted by Gasteiger charge is -2.39. The van der Waals surface area contributed by atoms with E-state index in [-0.39, 0.29) is 18.0 Å². The highest BCUT2D eigenvalue weighted by Crippen LogP contribution is 2.42. The summed E-state index contributed by atoms with van der Waals surface area (Å²) < 4.78 is 62.2. The summed E-state index contributed by atoms with van der Waals surface area (Å²) in [5.74, 6) is -0.362. The Kier molecular flexibility index (Phi) is 5.79. The van der Waals surface area contributed by atoms with Gasteiger partial charge in [-0.15, -0.1) is 0 Å². The molecule has 3 aromatic rings. The van der Waals surface area contributed by atoms with Crippen LogP contribution < -0.4 is 10.1 Å². The average molecular weight is 425 g/mol. The molecule has 0 saturated heterocycles. The minimum atomic E-state index is -4.98. The van der Waals surface area contributed by atoms with Gasteiger partial charge in [-0.3, -0.25) is 5.32 Å². The molecule has 162 valence electrons. The van der Waals surface area contributed by atoms with E-state index in [1.54, 1.807) is 24.4 Å². The molecule has 0 spiro atoms. The van der Waals surface area contributed by atoms with Crippen LogP contribution in [0.1, 0.15) is 25.8 Å². The third-order valence-corrected chi connectivity index (χ3v) is 5.12. The van der Waals surface area contributed by atoms with Crippen LogP contribution >= 0.6 is 0 Å². The van der Waals surface area contributed by atoms with Crippen LogP contribution in [-0.2, 0) is 12.1 Å². The fraction of sp³-hybridized carbons (Fsp3) is 0.381. The Balaban J connectivity index is 1.91. The van der Waals surface area contributed by atoms with E-state index >= 15 is 0 Å². The van der Waals surface area contributed by atoms with Crippen molar-refractivity contribution < 1.29 is 27.4 Å². The molecule has 30 heavy (non-hydrogen) atoms. The van der Waals surface area contributed by atoms with Crippen molar-refractivity contribution in [3.8, 4) is 5.75 Å². The molecule has 0 saturated carbocycles. The number of fused-ring (bicyclic) bond motifs is 1. The highest BCUT2D eigenvalue weighted by Gasteiger charge is 2.56. The van der Waals surface area contributed by atoms with Gasteiger partial charge in [0.1, 0.15) is 17.2 Å². The number of alkyl halides is 3. The number of pyridine rings is 1. The number of methoxy groups -OCH3 is 1. The molecule has 9 heteroatoms. The largest absolute Gasteiger partial charge is 0.496 e. The van der Waals surface area contributed by atoms with Crippen LogP contribution in [0.15, 0.2) is 48.8 Å². The number of ether oxygens (including phenoxy) is 1. The van der Waals surface area contributed by atoms with E-state index in [0.29, 0.717) is 5.65 Å². The summed E-state index contributed by atoms with van der Waals surface area (Å²) >= 11 is 0. The minimum absolute atomic E-state index is 0.225. The summed E-state index contributed by atoms with van der Waals surface area (Å²) in [6.45, 7) is 2.66. The molecular weight excluding hydrogens is 402 g/mol. The number of rotatable bonds is 7. The van der Waals surface area contributed by atoms with E-state index in [2.05, 4.69) is 10.3 Å². The Bertz CT molecular complexity index is 1030. The summed E-state index contributed by atoms with van der Waals surface area (Å²) in [5.41, 5.74) is -3.80. The second-order valence-corrected chi connectivity index (χ2v) is 7.80. The topological polar surface area (TPSA) is 59.3 Å². The van der Waals surface area contributed by atoms with Gasteiger partial charge in [0.15, 0.2) is 0 Å². The van der Waals surface area contributed by atoms with Gasteiger partial charge in [-0.1, -0.05) is 13.8 Å². The summed E-state index contributed by atoms with van der Waals surface area (Å²) in [7, 11) is 1.35. The van der Waals surface area contributed by atoms with Gasteiger partial charge < -0.3 is 14.4 Å². The zero-order valence-corrected chi connectivity index (χ0v) is 16.8. The quantitative estimate of drug-likeness (QED) is 0.437. The Morgan fingerprint density at radius 1 is 1.17 bits per heavy atom. The van der Waals surface area contributed by atoms with Gasteiger partial charge >= 0.3 is 6.18 Å². The lowest BCUT2D eigenvalue weighted by Crippen LogP contribution is -2.59. The van der Waals surface area contributed by atoms with Gasteiger partial charge in [0.25, 0.3) is 0 Å². The van der Waals surface area contributed by atoms with Gasteiger partial charge in [-0.2, -0.15) is 13.2 Å². The van der Waals surface area contributed by atoms with Gasteiger partial charge in [-0.05, 0) is 41.8 Å². The SMILES string of the molecule is COc1ccc(F)cc1C(C)(C)CC(O)(NCn1ccc2cccnc21)C(F)(F)F. The molecule has 2 heterocycles. The fourth-order valence-corrected chi connectivity index (χ4v) is 3.57. The molecule has 0 aliphatic rings. The number of aliphatic hydroxyl groups is 1. The van der Waals surface area contributed by atoms with Crippen molar-refractivity contribution in [2.24, 2.45) is 0 Å². The normalized spacial score (nSPS) is 14.7. The Morgan fingerprint density at radius 2 is 1.90 bits per heavy atom. The van der Waals surface area contributed by atoms with E-state index in [1.165, 1.54) is 37.8 Å². The van der Waals surface area contributed by atoms with Crippen molar-refractivity contribution in [3.63, 3.8) is 0 Å². The van der Waals surface area contributed by atoms with Crippen molar-refractivity contribution in [3.05, 3.63) is 60.2 Å². The number of aromatic nitrogens is 2. The minimum Gasteiger partial charge on any atom is -0.496 e. The molecule has 0 aliphatic heterocycles. The van der Waals surface area contributed by atoms with Crippen LogP contribution in [0, 0.1) is 5.82 Å². The van der Waals surface area contributed by atoms with E-state index < -0.39 is 29.6 Å². The molecule has 1 unspecified atom stereocenters. The number of halogens is 4. The maximum Gasteiger partial charge on any atom is 0.431 e. The Morgan fingerprint density at radius 3 is 2.57 bits per heavy atom. The first-order valence-electron chi connectivity index (χ1n) is 9.25. The van der Waals surface area contributed by atoms with E-state index in [1.807, 2.05) is 0 Å². The Hall–Kier alpha value is -2.65. The molecule has 0 fully saturated rings. The van der Waals surface area contributed by atoms with E-state index in [9.17, 15) is 22.7 Å². The van der Waals surface area contributed by atoms with Crippen molar-refractivity contribution in [2.75, 3.05) is 7.11 Å². The van der Waals surface area contributed by atoms with Crippen LogP contribution in [0.5, 0.6) is 5.75 Å². The first kappa shape index (κ1) is 22.0. The number of hydrogen-bond donors (Lipinski definition) is 2. The summed E-state index contributed by atoms with van der Waals surface area (Å²) in [4.78, 5) is 4.16. The van der Waals surface area contributed by atoms with Gasteiger partial charge in [0, 0.05) is 29.8 Å². The lowest BCUT2D eigenvalue weighted by atomic mass is 9.77. The molecular formula is C21H23F4N3O2. The predicted molar refractivity (Wildman–Crippen MR) is 104 cm³/mol. The molecule has 2 N–H and O–H groups in total. The third kappa shape index (κ3) is 4.27. The third-order valence-electron chi connectivity index (χ3n) is 5.12. The molecule has 5 nitrogen and oxygen atoms in total. The smallest absolute Gasteiger partial charge is 0.431 e. The zero-order valence-electron chi connectivity index (χ0n) is 16.8. The molecule has 2 aromatic heterocycles. The van der Waals surface area contributed by atoms with Crippen LogP contribution in [0.25, 0.3) is 11.0 Å². The molecule has 1 atom stereocenters. The van der Waals surface area contributed by atoms with Crippen LogP contribution in [-0.4, -0.2) is 33.7 Å². The Labute approximate surface area is 171 Å². The second-order valence-electron chi connectivity index (χ2n) is 7.80. The number of nitrogens with one attached hydrogen (secondary N) is 1. The lowest BCUT2D eigenvalue weighted by molar-refractivity contribution is -0.281.